The van der Waals surface area contributed by atoms with Crippen molar-refractivity contribution in [1.29, 1.82) is 0 Å². The molecule has 1 saturated carbocycles. The van der Waals surface area contributed by atoms with E-state index in [9.17, 15) is 4.79 Å². The summed E-state index contributed by atoms with van der Waals surface area (Å²) >= 11 is 6.20. The lowest BCUT2D eigenvalue weighted by Crippen LogP contribution is -2.12. The number of carbonyl (C=O) groups excluding carboxylic acids is 1. The molecule has 2 N–H and O–H groups in total. The van der Waals surface area contributed by atoms with Crippen molar-refractivity contribution in [3.63, 3.8) is 0 Å². The molecule has 7 heteroatoms. The summed E-state index contributed by atoms with van der Waals surface area (Å²) in [5.41, 5.74) is 3.70. The van der Waals surface area contributed by atoms with E-state index in [-0.39, 0.29) is 5.91 Å². The van der Waals surface area contributed by atoms with Crippen LogP contribution in [0.3, 0.4) is 0 Å². The first-order valence-electron chi connectivity index (χ1n) is 9.56. The van der Waals surface area contributed by atoms with Crippen LogP contribution in [0.4, 0.5) is 5.69 Å². The molecule has 0 aliphatic heterocycles. The molecule has 0 radical (unpaired) electrons. The minimum absolute atomic E-state index is 0.143. The van der Waals surface area contributed by atoms with E-state index in [4.69, 9.17) is 11.6 Å². The molecule has 1 atom stereocenters. The van der Waals surface area contributed by atoms with Gasteiger partial charge in [-0.25, -0.2) is 0 Å². The Hall–Kier alpha value is -2.73. The molecule has 1 aliphatic carbocycles. The average Bonchev–Trinajstić information content (AvgIpc) is 3.43. The fourth-order valence-electron chi connectivity index (χ4n) is 3.42. The van der Waals surface area contributed by atoms with Gasteiger partial charge in [0, 0.05) is 22.7 Å². The van der Waals surface area contributed by atoms with Gasteiger partial charge in [-0.15, -0.1) is 10.2 Å². The normalized spacial score (nSPS) is 14.6. The van der Waals surface area contributed by atoms with Crippen LogP contribution in [0.25, 0.3) is 0 Å². The summed E-state index contributed by atoms with van der Waals surface area (Å²) in [6.45, 7) is 2.14. The molecule has 1 amide bonds. The number of halogens is 1. The summed E-state index contributed by atoms with van der Waals surface area (Å²) < 4.78 is 0. The maximum Gasteiger partial charge on any atom is 0.255 e. The van der Waals surface area contributed by atoms with Crippen LogP contribution in [-0.2, 0) is 6.42 Å². The number of benzene rings is 2. The maximum absolute atomic E-state index is 12.7. The maximum atomic E-state index is 12.7. The summed E-state index contributed by atoms with van der Waals surface area (Å²) in [6, 6.07) is 13.6. The molecule has 0 spiro atoms. The number of rotatable bonds is 7. The van der Waals surface area contributed by atoms with Crippen LogP contribution < -0.4 is 5.32 Å². The molecule has 3 aromatic rings. The van der Waals surface area contributed by atoms with Gasteiger partial charge in [-0.1, -0.05) is 35.9 Å². The van der Waals surface area contributed by atoms with Crippen LogP contribution in [0.15, 0.2) is 42.5 Å². The zero-order chi connectivity index (χ0) is 19.5. The van der Waals surface area contributed by atoms with Gasteiger partial charge in [-0.3, -0.25) is 4.79 Å². The Kier molecular flexibility index (Phi) is 5.39. The molecule has 0 unspecified atom stereocenters. The lowest BCUT2D eigenvalue weighted by molar-refractivity contribution is 0.102. The number of nitrogens with one attached hydrogen (secondary N) is 2. The quantitative estimate of drug-likeness (QED) is 0.606. The molecule has 2 aromatic carbocycles. The zero-order valence-electron chi connectivity index (χ0n) is 15.7. The Labute approximate surface area is 168 Å². The van der Waals surface area contributed by atoms with Crippen molar-refractivity contribution in [2.24, 2.45) is 0 Å². The number of tetrazole rings is 1. The van der Waals surface area contributed by atoms with Gasteiger partial charge in [-0.05, 0) is 72.6 Å². The van der Waals surface area contributed by atoms with Crippen LogP contribution in [0.1, 0.15) is 65.3 Å². The number of H-pyrrole nitrogens is 1. The molecular weight excluding hydrogens is 374 g/mol. The van der Waals surface area contributed by atoms with Gasteiger partial charge < -0.3 is 5.32 Å². The second kappa shape index (κ2) is 8.10. The highest BCUT2D eigenvalue weighted by molar-refractivity contribution is 6.31. The molecule has 28 heavy (non-hydrogen) atoms. The topological polar surface area (TPSA) is 83.6 Å². The van der Waals surface area contributed by atoms with Crippen molar-refractivity contribution in [3.05, 3.63) is 70.0 Å². The highest BCUT2D eigenvalue weighted by atomic mass is 35.5. The average molecular weight is 396 g/mol. The van der Waals surface area contributed by atoms with Crippen molar-refractivity contribution in [2.45, 2.75) is 44.4 Å². The van der Waals surface area contributed by atoms with Gasteiger partial charge in [0.25, 0.3) is 5.91 Å². The first-order valence-corrected chi connectivity index (χ1v) is 9.94. The lowest BCUT2D eigenvalue weighted by Gasteiger charge is -2.14. The second-order valence-electron chi connectivity index (χ2n) is 7.26. The Bertz CT molecular complexity index is 951. The van der Waals surface area contributed by atoms with E-state index in [2.05, 4.69) is 32.9 Å². The van der Waals surface area contributed by atoms with E-state index in [0.29, 0.717) is 28.2 Å². The van der Waals surface area contributed by atoms with Crippen molar-refractivity contribution < 1.29 is 4.79 Å². The molecular formula is C21H22ClN5O. The number of hydrogen-bond acceptors (Lipinski definition) is 4. The minimum atomic E-state index is -0.143. The molecule has 1 aromatic heterocycles. The fraction of sp³-hybridized carbons (Fsp3) is 0.333. The molecule has 0 bridgehead atoms. The smallest absolute Gasteiger partial charge is 0.255 e. The van der Waals surface area contributed by atoms with E-state index < -0.39 is 0 Å². The van der Waals surface area contributed by atoms with Gasteiger partial charge in [0.1, 0.15) is 0 Å². The van der Waals surface area contributed by atoms with E-state index in [1.807, 2.05) is 36.4 Å². The van der Waals surface area contributed by atoms with Gasteiger partial charge in [0.15, 0.2) is 5.82 Å². The van der Waals surface area contributed by atoms with Gasteiger partial charge in [0.2, 0.25) is 0 Å². The van der Waals surface area contributed by atoms with Crippen LogP contribution in [0, 0.1) is 0 Å². The summed E-state index contributed by atoms with van der Waals surface area (Å²) in [4.78, 5) is 12.7. The molecule has 1 aliphatic rings. The molecule has 144 valence electrons. The third-order valence-corrected chi connectivity index (χ3v) is 5.40. The Morgan fingerprint density at radius 1 is 1.25 bits per heavy atom. The van der Waals surface area contributed by atoms with Crippen LogP contribution in [-0.4, -0.2) is 26.5 Å². The summed E-state index contributed by atoms with van der Waals surface area (Å²) in [7, 11) is 0. The summed E-state index contributed by atoms with van der Waals surface area (Å²) in [6.07, 6.45) is 4.04. The number of aromatic nitrogens is 4. The Balaban J connectivity index is 1.44. The highest BCUT2D eigenvalue weighted by Gasteiger charge is 2.25. The predicted molar refractivity (Wildman–Crippen MR) is 109 cm³/mol. The Morgan fingerprint density at radius 3 is 2.68 bits per heavy atom. The zero-order valence-corrected chi connectivity index (χ0v) is 16.4. The number of anilines is 1. The van der Waals surface area contributed by atoms with Crippen LogP contribution in [0.2, 0.25) is 5.02 Å². The Morgan fingerprint density at radius 2 is 2.04 bits per heavy atom. The number of amides is 1. The van der Waals surface area contributed by atoms with Crippen molar-refractivity contribution in [3.8, 4) is 0 Å². The second-order valence-corrected chi connectivity index (χ2v) is 7.70. The van der Waals surface area contributed by atoms with Crippen molar-refractivity contribution in [2.75, 3.05) is 5.32 Å². The van der Waals surface area contributed by atoms with E-state index in [1.165, 1.54) is 18.4 Å². The lowest BCUT2D eigenvalue weighted by atomic mass is 9.93. The summed E-state index contributed by atoms with van der Waals surface area (Å²) in [5.74, 6) is 1.42. The third kappa shape index (κ3) is 4.39. The molecule has 0 saturated heterocycles. The number of hydrogen-bond donors (Lipinski definition) is 2. The van der Waals surface area contributed by atoms with Crippen molar-refractivity contribution in [1.82, 2.24) is 20.6 Å². The fourth-order valence-corrected chi connectivity index (χ4v) is 3.67. The van der Waals surface area contributed by atoms with Crippen LogP contribution in [0.5, 0.6) is 0 Å². The van der Waals surface area contributed by atoms with Gasteiger partial charge >= 0.3 is 0 Å². The standard InChI is InChI=1S/C21H22ClN5O/c1-2-13(12-20-24-26-27-25-20)14-5-7-19(8-6-14)23-21(28)17-9-16(15-3-4-15)10-18(22)11-17/h5-11,13,15H,2-4,12H2,1H3,(H,23,28)(H,24,25,26,27)/t13-/m1/s1. The largest absolute Gasteiger partial charge is 0.322 e. The molecule has 4 rings (SSSR count). The van der Waals surface area contributed by atoms with Gasteiger partial charge in [0.05, 0.1) is 0 Å². The number of carbonyl (C=O) groups is 1. The summed E-state index contributed by atoms with van der Waals surface area (Å²) in [5, 5.41) is 17.7. The number of aromatic amines is 1. The highest BCUT2D eigenvalue weighted by Crippen LogP contribution is 2.41. The van der Waals surface area contributed by atoms with Gasteiger partial charge in [-0.2, -0.15) is 5.21 Å². The minimum Gasteiger partial charge on any atom is -0.322 e. The van der Waals surface area contributed by atoms with E-state index in [0.717, 1.165) is 24.1 Å². The molecule has 6 nitrogen and oxygen atoms in total. The van der Waals surface area contributed by atoms with Crippen molar-refractivity contribution >= 4 is 23.2 Å². The monoisotopic (exact) mass is 395 g/mol. The first kappa shape index (κ1) is 18.6. The van der Waals surface area contributed by atoms with E-state index >= 15 is 0 Å². The van der Waals surface area contributed by atoms with Crippen LogP contribution >= 0.6 is 11.6 Å². The predicted octanol–water partition coefficient (Wildman–Crippen LogP) is 4.72. The third-order valence-electron chi connectivity index (χ3n) is 5.18. The number of nitrogens with zero attached hydrogens (tertiary/aromatic N) is 3. The van der Waals surface area contributed by atoms with E-state index in [1.54, 1.807) is 6.07 Å². The first-order chi connectivity index (χ1) is 13.6. The SMILES string of the molecule is CC[C@H](Cc1nn[nH]n1)c1ccc(NC(=O)c2cc(Cl)cc(C3CC3)c2)cc1. The molecule has 1 heterocycles. The molecule has 1 fully saturated rings.